The Labute approximate surface area is 95.4 Å². The first-order valence-corrected chi connectivity index (χ1v) is 5.79. The molecule has 0 spiro atoms. The number of nitrogens with one attached hydrogen (secondary N) is 1. The highest BCUT2D eigenvalue weighted by Crippen LogP contribution is 2.26. The molecular weight excluding hydrogens is 208 g/mol. The van der Waals surface area contributed by atoms with E-state index in [-0.39, 0.29) is 17.9 Å². The molecule has 4 N–H and O–H groups in total. The molecule has 1 fully saturated rings. The van der Waals surface area contributed by atoms with E-state index in [9.17, 15) is 9.59 Å². The van der Waals surface area contributed by atoms with Crippen molar-refractivity contribution in [3.63, 3.8) is 0 Å². The van der Waals surface area contributed by atoms with Crippen LogP contribution in [0, 0.1) is 11.8 Å². The number of carbonyl (C=O) groups excluding carboxylic acids is 1. The maximum Gasteiger partial charge on any atom is 0.308 e. The van der Waals surface area contributed by atoms with Crippen molar-refractivity contribution in [2.45, 2.75) is 38.6 Å². The van der Waals surface area contributed by atoms with Crippen molar-refractivity contribution < 1.29 is 14.7 Å². The smallest absolute Gasteiger partial charge is 0.308 e. The molecule has 0 saturated heterocycles. The second-order valence-electron chi connectivity index (χ2n) is 4.47. The van der Waals surface area contributed by atoms with Gasteiger partial charge in [-0.05, 0) is 25.8 Å². The summed E-state index contributed by atoms with van der Waals surface area (Å²) < 4.78 is 0. The second kappa shape index (κ2) is 5.84. The molecule has 3 atom stereocenters. The molecule has 3 unspecified atom stereocenters. The highest BCUT2D eigenvalue weighted by Gasteiger charge is 2.34. The van der Waals surface area contributed by atoms with E-state index in [0.717, 1.165) is 12.8 Å². The Balaban J connectivity index is 2.47. The van der Waals surface area contributed by atoms with Gasteiger partial charge in [0.25, 0.3) is 0 Å². The molecule has 0 aliphatic heterocycles. The zero-order valence-electron chi connectivity index (χ0n) is 9.61. The van der Waals surface area contributed by atoms with E-state index in [2.05, 4.69) is 5.32 Å². The number of rotatable bonds is 5. The molecule has 0 heterocycles. The van der Waals surface area contributed by atoms with Gasteiger partial charge in [0, 0.05) is 12.0 Å². The van der Waals surface area contributed by atoms with Gasteiger partial charge in [-0.15, -0.1) is 0 Å². The molecule has 16 heavy (non-hydrogen) atoms. The topological polar surface area (TPSA) is 92.4 Å². The Bertz CT molecular complexity index is 268. The van der Waals surface area contributed by atoms with Crippen molar-refractivity contribution in [2.75, 3.05) is 6.54 Å². The van der Waals surface area contributed by atoms with Crippen LogP contribution in [0.5, 0.6) is 0 Å². The average molecular weight is 228 g/mol. The number of carboxylic acids is 1. The van der Waals surface area contributed by atoms with Crippen LogP contribution < -0.4 is 11.1 Å². The third-order valence-electron chi connectivity index (χ3n) is 3.21. The molecule has 5 heteroatoms. The SMILES string of the molecule is CC(CCN)C(=O)NC1CCCC1C(=O)O. The van der Waals surface area contributed by atoms with Gasteiger partial charge in [0.1, 0.15) is 0 Å². The summed E-state index contributed by atoms with van der Waals surface area (Å²) in [5, 5.41) is 11.8. The zero-order valence-corrected chi connectivity index (χ0v) is 9.61. The molecule has 1 aliphatic carbocycles. The summed E-state index contributed by atoms with van der Waals surface area (Å²) >= 11 is 0. The second-order valence-corrected chi connectivity index (χ2v) is 4.47. The van der Waals surface area contributed by atoms with Crippen LogP contribution in [-0.2, 0) is 9.59 Å². The van der Waals surface area contributed by atoms with Gasteiger partial charge in [0.05, 0.1) is 5.92 Å². The lowest BCUT2D eigenvalue weighted by atomic mass is 10.0. The van der Waals surface area contributed by atoms with E-state index in [1.807, 2.05) is 6.92 Å². The lowest BCUT2D eigenvalue weighted by Gasteiger charge is -2.20. The first-order chi connectivity index (χ1) is 7.56. The van der Waals surface area contributed by atoms with Gasteiger partial charge in [-0.1, -0.05) is 13.3 Å². The highest BCUT2D eigenvalue weighted by atomic mass is 16.4. The molecule has 5 nitrogen and oxygen atoms in total. The van der Waals surface area contributed by atoms with E-state index < -0.39 is 11.9 Å². The van der Waals surface area contributed by atoms with Gasteiger partial charge in [0.15, 0.2) is 0 Å². The lowest BCUT2D eigenvalue weighted by molar-refractivity contribution is -0.142. The molecule has 1 aliphatic rings. The van der Waals surface area contributed by atoms with Crippen molar-refractivity contribution in [3.8, 4) is 0 Å². The quantitative estimate of drug-likeness (QED) is 0.632. The van der Waals surface area contributed by atoms with E-state index >= 15 is 0 Å². The Kier molecular flexibility index (Phi) is 4.73. The number of hydrogen-bond acceptors (Lipinski definition) is 3. The number of carboxylic acid groups (broad SMARTS) is 1. The Morgan fingerprint density at radius 3 is 2.75 bits per heavy atom. The van der Waals surface area contributed by atoms with Crippen LogP contribution in [-0.4, -0.2) is 29.6 Å². The normalized spacial score (nSPS) is 26.4. The first kappa shape index (κ1) is 13.0. The molecule has 0 bridgehead atoms. The number of aliphatic carboxylic acids is 1. The summed E-state index contributed by atoms with van der Waals surface area (Å²) in [5.74, 6) is -1.45. The van der Waals surface area contributed by atoms with Gasteiger partial charge in [-0.3, -0.25) is 9.59 Å². The number of hydrogen-bond donors (Lipinski definition) is 3. The molecule has 1 saturated carbocycles. The Morgan fingerprint density at radius 1 is 1.50 bits per heavy atom. The molecule has 0 aromatic rings. The number of nitrogens with two attached hydrogens (primary N) is 1. The highest BCUT2D eigenvalue weighted by molar-refractivity contribution is 5.80. The van der Waals surface area contributed by atoms with Crippen molar-refractivity contribution in [1.82, 2.24) is 5.32 Å². The summed E-state index contributed by atoms with van der Waals surface area (Å²) in [6, 6.07) is -0.203. The average Bonchev–Trinajstić information content (AvgIpc) is 2.66. The summed E-state index contributed by atoms with van der Waals surface area (Å²) in [5.41, 5.74) is 5.38. The van der Waals surface area contributed by atoms with Crippen molar-refractivity contribution >= 4 is 11.9 Å². The fourth-order valence-electron chi connectivity index (χ4n) is 2.13. The lowest BCUT2D eigenvalue weighted by Crippen LogP contribution is -2.42. The molecule has 1 rings (SSSR count). The standard InChI is InChI=1S/C11H20N2O3/c1-7(5-6-12)10(14)13-9-4-2-3-8(9)11(15)16/h7-9H,2-6,12H2,1H3,(H,13,14)(H,15,16). The molecule has 92 valence electrons. The first-order valence-electron chi connectivity index (χ1n) is 5.79. The number of amides is 1. The third-order valence-corrected chi connectivity index (χ3v) is 3.21. The van der Waals surface area contributed by atoms with Crippen LogP contribution in [0.15, 0.2) is 0 Å². The van der Waals surface area contributed by atoms with Crippen LogP contribution in [0.4, 0.5) is 0 Å². The predicted molar refractivity (Wildman–Crippen MR) is 59.7 cm³/mol. The molecule has 1 amide bonds. The maximum absolute atomic E-state index is 11.7. The largest absolute Gasteiger partial charge is 0.481 e. The molecule has 0 aromatic heterocycles. The Hall–Kier alpha value is -1.10. The van der Waals surface area contributed by atoms with Crippen molar-refractivity contribution in [2.24, 2.45) is 17.6 Å². The minimum Gasteiger partial charge on any atom is -0.481 e. The van der Waals surface area contributed by atoms with Gasteiger partial charge in [-0.2, -0.15) is 0 Å². The summed E-state index contributed by atoms with van der Waals surface area (Å²) in [7, 11) is 0. The third kappa shape index (κ3) is 3.20. The fraction of sp³-hybridized carbons (Fsp3) is 0.818. The monoisotopic (exact) mass is 228 g/mol. The van der Waals surface area contributed by atoms with Gasteiger partial charge < -0.3 is 16.2 Å². The Morgan fingerprint density at radius 2 is 2.19 bits per heavy atom. The molecule has 0 radical (unpaired) electrons. The molecular formula is C11H20N2O3. The van der Waals surface area contributed by atoms with Crippen LogP contribution in [0.3, 0.4) is 0 Å². The molecule has 0 aromatic carbocycles. The summed E-state index contributed by atoms with van der Waals surface area (Å²) in [4.78, 5) is 22.6. The van der Waals surface area contributed by atoms with E-state index in [0.29, 0.717) is 19.4 Å². The van der Waals surface area contributed by atoms with Crippen LogP contribution in [0.1, 0.15) is 32.6 Å². The van der Waals surface area contributed by atoms with Crippen LogP contribution in [0.25, 0.3) is 0 Å². The number of carbonyl (C=O) groups is 2. The van der Waals surface area contributed by atoms with Gasteiger partial charge in [0.2, 0.25) is 5.91 Å². The van der Waals surface area contributed by atoms with Crippen molar-refractivity contribution in [3.05, 3.63) is 0 Å². The predicted octanol–water partition coefficient (Wildman–Crippen LogP) is 0.341. The van der Waals surface area contributed by atoms with Crippen LogP contribution in [0.2, 0.25) is 0 Å². The minimum absolute atomic E-state index is 0.0800. The van der Waals surface area contributed by atoms with E-state index in [4.69, 9.17) is 10.8 Å². The van der Waals surface area contributed by atoms with Crippen LogP contribution >= 0.6 is 0 Å². The maximum atomic E-state index is 11.7. The van der Waals surface area contributed by atoms with Gasteiger partial charge in [-0.25, -0.2) is 0 Å². The minimum atomic E-state index is -0.811. The van der Waals surface area contributed by atoms with E-state index in [1.165, 1.54) is 0 Å². The van der Waals surface area contributed by atoms with E-state index in [1.54, 1.807) is 0 Å². The fourth-order valence-corrected chi connectivity index (χ4v) is 2.13. The zero-order chi connectivity index (χ0) is 12.1. The van der Waals surface area contributed by atoms with Gasteiger partial charge >= 0.3 is 5.97 Å². The summed E-state index contributed by atoms with van der Waals surface area (Å²) in [6.45, 7) is 2.29. The van der Waals surface area contributed by atoms with Crippen molar-refractivity contribution in [1.29, 1.82) is 0 Å². The summed E-state index contributed by atoms with van der Waals surface area (Å²) in [6.07, 6.45) is 2.92.